The molecule has 6 nitrogen and oxygen atoms in total. The fourth-order valence-electron chi connectivity index (χ4n) is 3.44. The van der Waals surface area contributed by atoms with Crippen molar-refractivity contribution in [2.24, 2.45) is 0 Å². The monoisotopic (exact) mass is 435 g/mol. The molecular formula is C24H21NO5S. The molecule has 31 heavy (non-hydrogen) atoms. The van der Waals surface area contributed by atoms with Crippen molar-refractivity contribution in [3.63, 3.8) is 0 Å². The van der Waals surface area contributed by atoms with E-state index in [-0.39, 0.29) is 5.56 Å². The van der Waals surface area contributed by atoms with Crippen LogP contribution in [-0.2, 0) is 27.2 Å². The summed E-state index contributed by atoms with van der Waals surface area (Å²) >= 11 is 1.57. The molecule has 0 saturated heterocycles. The van der Waals surface area contributed by atoms with Crippen LogP contribution in [0, 0.1) is 12.3 Å². The number of aryl methyl sites for hydroxylation is 1. The van der Waals surface area contributed by atoms with Crippen LogP contribution in [0.25, 0.3) is 21.7 Å². The lowest BCUT2D eigenvalue weighted by molar-refractivity contribution is -0.133. The minimum absolute atomic E-state index is 0.0601. The number of hydrogen-bond acceptors (Lipinski definition) is 6. The summed E-state index contributed by atoms with van der Waals surface area (Å²) in [5.74, 6) is 0.709. The molecule has 0 radical (unpaired) electrons. The predicted molar refractivity (Wildman–Crippen MR) is 120 cm³/mol. The maximum atomic E-state index is 13.2. The number of esters is 2. The first-order chi connectivity index (χ1) is 15.0. The zero-order valence-corrected chi connectivity index (χ0v) is 18.0. The number of aromatic nitrogens is 1. The average molecular weight is 436 g/mol. The van der Waals surface area contributed by atoms with Crippen LogP contribution >= 0.6 is 11.3 Å². The van der Waals surface area contributed by atoms with Gasteiger partial charge in [0.15, 0.2) is 0 Å². The number of carbonyl (C=O) groups is 2. The summed E-state index contributed by atoms with van der Waals surface area (Å²) in [7, 11) is 2.61. The normalized spacial score (nSPS) is 11.5. The number of ether oxygens (including phenoxy) is 2. The van der Waals surface area contributed by atoms with E-state index < -0.39 is 11.9 Å². The summed E-state index contributed by atoms with van der Waals surface area (Å²) < 4.78 is 10.8. The van der Waals surface area contributed by atoms with Gasteiger partial charge in [0.1, 0.15) is 0 Å². The fraction of sp³-hybridized carbons (Fsp3) is 0.208. The van der Waals surface area contributed by atoms with E-state index >= 15 is 0 Å². The minimum atomic E-state index is -0.630. The van der Waals surface area contributed by atoms with Crippen LogP contribution in [0.4, 0.5) is 0 Å². The Kier molecular flexibility index (Phi) is 7.06. The van der Waals surface area contributed by atoms with Crippen molar-refractivity contribution in [1.29, 1.82) is 0 Å². The molecular weight excluding hydrogens is 414 g/mol. The molecule has 1 aromatic carbocycles. The molecule has 0 amide bonds. The molecule has 1 aliphatic rings. The van der Waals surface area contributed by atoms with Gasteiger partial charge < -0.3 is 14.0 Å². The Morgan fingerprint density at radius 1 is 1.13 bits per heavy atom. The summed E-state index contributed by atoms with van der Waals surface area (Å²) in [5, 5.41) is 2.01. The molecule has 0 spiro atoms. The number of carbonyl (C=O) groups excluding carboxylic acids is 2. The second kappa shape index (κ2) is 9.92. The molecule has 0 atom stereocenters. The van der Waals surface area contributed by atoms with Gasteiger partial charge in [-0.1, -0.05) is 30.3 Å². The van der Waals surface area contributed by atoms with Gasteiger partial charge in [0.05, 0.1) is 30.4 Å². The van der Waals surface area contributed by atoms with E-state index in [0.717, 1.165) is 23.3 Å². The Labute approximate surface area is 184 Å². The first kappa shape index (κ1) is 22.1. The van der Waals surface area contributed by atoms with Crippen molar-refractivity contribution in [1.82, 2.24) is 4.57 Å². The maximum Gasteiger partial charge on any atom is 0.383 e. The lowest BCUT2D eigenvalue weighted by Crippen LogP contribution is -2.25. The molecule has 0 unspecified atom stereocenters. The third-order valence-electron chi connectivity index (χ3n) is 4.87. The highest BCUT2D eigenvalue weighted by Crippen LogP contribution is 2.36. The molecule has 3 heterocycles. The van der Waals surface area contributed by atoms with Gasteiger partial charge in [-0.15, -0.1) is 17.8 Å². The molecule has 158 valence electrons. The third kappa shape index (κ3) is 4.60. The van der Waals surface area contributed by atoms with Crippen molar-refractivity contribution < 1.29 is 19.1 Å². The van der Waals surface area contributed by atoms with E-state index in [9.17, 15) is 14.4 Å². The van der Waals surface area contributed by atoms with Crippen LogP contribution in [0.1, 0.15) is 22.3 Å². The highest BCUT2D eigenvalue weighted by Gasteiger charge is 2.26. The van der Waals surface area contributed by atoms with Crippen LogP contribution in [0.3, 0.4) is 0 Å². The summed E-state index contributed by atoms with van der Waals surface area (Å²) in [5.41, 5.74) is 3.61. The van der Waals surface area contributed by atoms with E-state index in [1.165, 1.54) is 19.8 Å². The van der Waals surface area contributed by atoms with E-state index in [1.807, 2.05) is 35.7 Å². The van der Waals surface area contributed by atoms with Crippen LogP contribution < -0.4 is 5.56 Å². The Balaban J connectivity index is 0.000000401. The summed E-state index contributed by atoms with van der Waals surface area (Å²) in [6, 6.07) is 13.2. The second-order valence-corrected chi connectivity index (χ2v) is 7.57. The first-order valence-corrected chi connectivity index (χ1v) is 10.4. The average Bonchev–Trinajstić information content (AvgIpc) is 3.20. The van der Waals surface area contributed by atoms with Crippen molar-refractivity contribution in [2.75, 3.05) is 14.2 Å². The number of thiophene rings is 1. The number of hydrogen-bond donors (Lipinski definition) is 0. The molecule has 7 heteroatoms. The summed E-state index contributed by atoms with van der Waals surface area (Å²) in [4.78, 5) is 36.4. The van der Waals surface area contributed by atoms with Crippen molar-refractivity contribution in [2.45, 2.75) is 19.4 Å². The summed E-state index contributed by atoms with van der Waals surface area (Å²) in [6.45, 7) is 0.597. The molecule has 2 aromatic heterocycles. The molecule has 3 aromatic rings. The van der Waals surface area contributed by atoms with Gasteiger partial charge in [-0.2, -0.15) is 0 Å². The fourth-order valence-corrected chi connectivity index (χ4v) is 4.46. The molecule has 0 saturated carbocycles. The van der Waals surface area contributed by atoms with Crippen LogP contribution in [0.5, 0.6) is 0 Å². The van der Waals surface area contributed by atoms with E-state index in [2.05, 4.69) is 17.2 Å². The number of nitrogens with zero attached hydrogens (tertiary/aromatic N) is 1. The highest BCUT2D eigenvalue weighted by molar-refractivity contribution is 7.13. The Morgan fingerprint density at radius 2 is 1.87 bits per heavy atom. The maximum absolute atomic E-state index is 13.2. The molecule has 0 bridgehead atoms. The van der Waals surface area contributed by atoms with Crippen LogP contribution in [-0.4, -0.2) is 30.7 Å². The lowest BCUT2D eigenvalue weighted by atomic mass is 10.0. The molecule has 0 fully saturated rings. The number of pyridine rings is 1. The van der Waals surface area contributed by atoms with Crippen LogP contribution in [0.2, 0.25) is 0 Å². The molecule has 4 rings (SSSR count). The number of fused-ring (bicyclic) bond motifs is 3. The topological polar surface area (TPSA) is 74.6 Å². The van der Waals surface area contributed by atoms with Gasteiger partial charge >= 0.3 is 11.9 Å². The summed E-state index contributed by atoms with van der Waals surface area (Å²) in [6.07, 6.45) is 6.33. The van der Waals surface area contributed by atoms with Gasteiger partial charge in [-0.3, -0.25) is 4.79 Å². The number of benzene rings is 1. The van der Waals surface area contributed by atoms with Gasteiger partial charge in [-0.25, -0.2) is 9.59 Å². The largest absolute Gasteiger partial charge is 0.465 e. The highest BCUT2D eigenvalue weighted by atomic mass is 32.1. The van der Waals surface area contributed by atoms with Crippen LogP contribution in [0.15, 0.2) is 52.6 Å². The van der Waals surface area contributed by atoms with Gasteiger partial charge in [0.25, 0.3) is 5.56 Å². The Hall–Kier alpha value is -3.63. The van der Waals surface area contributed by atoms with Gasteiger partial charge in [0, 0.05) is 18.0 Å². The smallest absolute Gasteiger partial charge is 0.383 e. The van der Waals surface area contributed by atoms with E-state index in [4.69, 9.17) is 4.74 Å². The predicted octanol–water partition coefficient (Wildman–Crippen LogP) is 3.77. The second-order valence-electron chi connectivity index (χ2n) is 6.65. The van der Waals surface area contributed by atoms with Crippen molar-refractivity contribution in [3.05, 3.63) is 69.3 Å². The lowest BCUT2D eigenvalue weighted by Gasteiger charge is -2.16. The van der Waals surface area contributed by atoms with Gasteiger partial charge in [0.2, 0.25) is 0 Å². The SMILES string of the molecule is C#CC(=O)OC.COC(=O)c1cc(-c2ccccc2)c(=O)n2c1-c1sccc1CCC2. The Bertz CT molecular complexity index is 1200. The minimum Gasteiger partial charge on any atom is -0.465 e. The van der Waals surface area contributed by atoms with E-state index in [0.29, 0.717) is 23.4 Å². The van der Waals surface area contributed by atoms with Gasteiger partial charge in [-0.05, 0) is 41.5 Å². The third-order valence-corrected chi connectivity index (χ3v) is 5.84. The quantitative estimate of drug-likeness (QED) is 0.348. The van der Waals surface area contributed by atoms with Crippen molar-refractivity contribution in [3.8, 4) is 34.0 Å². The number of terminal acetylenes is 1. The Morgan fingerprint density at radius 3 is 2.48 bits per heavy atom. The van der Waals surface area contributed by atoms with E-state index in [1.54, 1.807) is 27.9 Å². The first-order valence-electron chi connectivity index (χ1n) is 9.54. The zero-order chi connectivity index (χ0) is 22.4. The zero-order valence-electron chi connectivity index (χ0n) is 17.2. The number of methoxy groups -OCH3 is 2. The molecule has 1 aliphatic heterocycles. The molecule has 0 aliphatic carbocycles. The molecule has 0 N–H and O–H groups in total. The number of rotatable bonds is 2. The van der Waals surface area contributed by atoms with Crippen molar-refractivity contribution >= 4 is 23.3 Å². The standard InChI is InChI=1S/C20H17NO3S.C4H4O2/c1-24-20(23)16-12-15(13-6-3-2-4-7-13)19(22)21-10-5-8-14-9-11-25-18(14)17(16)21;1-3-4(5)6-2/h2-4,6-7,9,11-12H,5,8,10H2,1H3;1H,2H3.